The van der Waals surface area contributed by atoms with Gasteiger partial charge in [0.25, 0.3) is 0 Å². The quantitative estimate of drug-likeness (QED) is 0.787. The number of rotatable bonds is 7. The maximum absolute atomic E-state index is 12.8. The normalized spacial score (nSPS) is 19.7. The van der Waals surface area contributed by atoms with Crippen molar-refractivity contribution in [2.24, 2.45) is 11.8 Å². The maximum Gasteiger partial charge on any atom is 0.220 e. The van der Waals surface area contributed by atoms with Gasteiger partial charge in [0.05, 0.1) is 6.54 Å². The van der Waals surface area contributed by atoms with E-state index in [1.165, 1.54) is 25.0 Å². The first-order valence-corrected chi connectivity index (χ1v) is 8.44. The summed E-state index contributed by atoms with van der Waals surface area (Å²) in [5, 5.41) is 6.32. The van der Waals surface area contributed by atoms with Crippen LogP contribution in [-0.2, 0) is 4.79 Å². The van der Waals surface area contributed by atoms with Gasteiger partial charge in [0, 0.05) is 6.42 Å². The fourth-order valence-electron chi connectivity index (χ4n) is 2.94. The lowest BCUT2D eigenvalue weighted by Crippen LogP contribution is -2.37. The van der Waals surface area contributed by atoms with Crippen molar-refractivity contribution in [2.75, 3.05) is 19.6 Å². The fourth-order valence-corrected chi connectivity index (χ4v) is 2.94. The summed E-state index contributed by atoms with van der Waals surface area (Å²) in [6.07, 6.45) is 2.79. The van der Waals surface area contributed by atoms with E-state index in [0.29, 0.717) is 30.6 Å². The van der Waals surface area contributed by atoms with E-state index in [9.17, 15) is 9.18 Å². The van der Waals surface area contributed by atoms with Gasteiger partial charge >= 0.3 is 0 Å². The monoisotopic (exact) mass is 358 g/mol. The predicted molar refractivity (Wildman–Crippen MR) is 96.1 cm³/mol. The lowest BCUT2D eigenvalue weighted by Gasteiger charge is -2.28. The number of carbonyl (C=O) groups is 1. The minimum absolute atomic E-state index is 0. The van der Waals surface area contributed by atoms with Crippen molar-refractivity contribution in [1.29, 1.82) is 0 Å². The van der Waals surface area contributed by atoms with Crippen molar-refractivity contribution in [2.45, 2.75) is 39.2 Å². The Morgan fingerprint density at radius 2 is 2.08 bits per heavy atom. The van der Waals surface area contributed by atoms with Gasteiger partial charge in [-0.05, 0) is 69.0 Å². The molecule has 1 amide bonds. The van der Waals surface area contributed by atoms with Gasteiger partial charge in [0.15, 0.2) is 0 Å². The van der Waals surface area contributed by atoms with E-state index in [0.717, 1.165) is 13.1 Å². The molecule has 1 aromatic carbocycles. The molecule has 0 aliphatic carbocycles. The Hall–Kier alpha value is -1.33. The van der Waals surface area contributed by atoms with E-state index < -0.39 is 0 Å². The molecule has 0 radical (unpaired) electrons. The number of nitrogens with one attached hydrogen (secondary N) is 2. The van der Waals surface area contributed by atoms with E-state index in [4.69, 9.17) is 4.74 Å². The van der Waals surface area contributed by atoms with Crippen LogP contribution in [0, 0.1) is 17.7 Å². The van der Waals surface area contributed by atoms with Gasteiger partial charge in [-0.2, -0.15) is 0 Å². The first-order valence-electron chi connectivity index (χ1n) is 8.44. The SMILES string of the molecule is CC(CNC(=O)CC(C)C1CCCNC1)Oc1ccc(F)cc1.Cl. The minimum Gasteiger partial charge on any atom is -0.489 e. The summed E-state index contributed by atoms with van der Waals surface area (Å²) in [5.41, 5.74) is 0. The van der Waals surface area contributed by atoms with Crippen molar-refractivity contribution in [1.82, 2.24) is 10.6 Å². The lowest BCUT2D eigenvalue weighted by atomic mass is 9.85. The largest absolute Gasteiger partial charge is 0.489 e. The summed E-state index contributed by atoms with van der Waals surface area (Å²) in [7, 11) is 0. The molecule has 3 unspecified atom stereocenters. The van der Waals surface area contributed by atoms with Crippen LogP contribution in [-0.4, -0.2) is 31.6 Å². The van der Waals surface area contributed by atoms with Crippen molar-refractivity contribution < 1.29 is 13.9 Å². The summed E-state index contributed by atoms with van der Waals surface area (Å²) in [6, 6.07) is 5.90. The summed E-state index contributed by atoms with van der Waals surface area (Å²) in [6.45, 7) is 6.59. The van der Waals surface area contributed by atoms with Gasteiger partial charge in [-0.15, -0.1) is 12.4 Å². The molecule has 24 heavy (non-hydrogen) atoms. The smallest absolute Gasteiger partial charge is 0.220 e. The standard InChI is InChI=1S/C18H27FN2O2.ClH/c1-13(15-4-3-9-20-12-15)10-18(22)21-11-14(2)23-17-7-5-16(19)6-8-17;/h5-8,13-15,20H,3-4,9-12H2,1-2H3,(H,21,22);1H. The van der Waals surface area contributed by atoms with E-state index >= 15 is 0 Å². The maximum atomic E-state index is 12.8. The summed E-state index contributed by atoms with van der Waals surface area (Å²) in [5.74, 6) is 1.36. The highest BCUT2D eigenvalue weighted by Crippen LogP contribution is 2.22. The number of hydrogen-bond donors (Lipinski definition) is 2. The number of amides is 1. The number of carbonyl (C=O) groups excluding carboxylic acids is 1. The molecule has 0 saturated carbocycles. The Morgan fingerprint density at radius 1 is 1.38 bits per heavy atom. The Kier molecular flexibility index (Phi) is 9.08. The van der Waals surface area contributed by atoms with Gasteiger partial charge < -0.3 is 15.4 Å². The summed E-state index contributed by atoms with van der Waals surface area (Å²) < 4.78 is 18.5. The van der Waals surface area contributed by atoms with Crippen LogP contribution in [0.25, 0.3) is 0 Å². The number of hydrogen-bond acceptors (Lipinski definition) is 3. The van der Waals surface area contributed by atoms with Crippen molar-refractivity contribution >= 4 is 18.3 Å². The lowest BCUT2D eigenvalue weighted by molar-refractivity contribution is -0.122. The summed E-state index contributed by atoms with van der Waals surface area (Å²) in [4.78, 5) is 12.1. The molecule has 0 bridgehead atoms. The molecule has 0 spiro atoms. The van der Waals surface area contributed by atoms with Crippen LogP contribution >= 0.6 is 12.4 Å². The Labute approximate surface area is 149 Å². The second-order valence-electron chi connectivity index (χ2n) is 6.47. The first kappa shape index (κ1) is 20.7. The molecular weight excluding hydrogens is 331 g/mol. The van der Waals surface area contributed by atoms with Gasteiger partial charge in [-0.1, -0.05) is 6.92 Å². The molecule has 136 valence electrons. The van der Waals surface area contributed by atoms with Crippen molar-refractivity contribution in [3.05, 3.63) is 30.1 Å². The third-order valence-electron chi connectivity index (χ3n) is 4.38. The average Bonchev–Trinajstić information content (AvgIpc) is 2.56. The summed E-state index contributed by atoms with van der Waals surface area (Å²) >= 11 is 0. The first-order chi connectivity index (χ1) is 11.0. The Morgan fingerprint density at radius 3 is 2.71 bits per heavy atom. The molecule has 1 aliphatic heterocycles. The Balaban J connectivity index is 0.00000288. The molecule has 1 aliphatic rings. The molecule has 1 heterocycles. The van der Waals surface area contributed by atoms with Crippen LogP contribution in [0.1, 0.15) is 33.1 Å². The average molecular weight is 359 g/mol. The highest BCUT2D eigenvalue weighted by Gasteiger charge is 2.22. The zero-order valence-corrected chi connectivity index (χ0v) is 15.2. The van der Waals surface area contributed by atoms with Crippen LogP contribution < -0.4 is 15.4 Å². The van der Waals surface area contributed by atoms with Gasteiger partial charge in [-0.25, -0.2) is 4.39 Å². The van der Waals surface area contributed by atoms with Gasteiger partial charge in [0.1, 0.15) is 17.7 Å². The highest BCUT2D eigenvalue weighted by atomic mass is 35.5. The van der Waals surface area contributed by atoms with Crippen LogP contribution in [0.15, 0.2) is 24.3 Å². The fraction of sp³-hybridized carbons (Fsp3) is 0.611. The minimum atomic E-state index is -0.288. The third kappa shape index (κ3) is 7.05. The van der Waals surface area contributed by atoms with E-state index in [1.807, 2.05) is 6.92 Å². The van der Waals surface area contributed by atoms with Gasteiger partial charge in [0.2, 0.25) is 5.91 Å². The second-order valence-corrected chi connectivity index (χ2v) is 6.47. The molecule has 4 nitrogen and oxygen atoms in total. The number of ether oxygens (including phenoxy) is 1. The van der Waals surface area contributed by atoms with Crippen LogP contribution in [0.5, 0.6) is 5.75 Å². The number of halogens is 2. The van der Waals surface area contributed by atoms with Crippen LogP contribution in [0.3, 0.4) is 0 Å². The molecule has 3 atom stereocenters. The highest BCUT2D eigenvalue weighted by molar-refractivity contribution is 5.85. The molecule has 1 fully saturated rings. The van der Waals surface area contributed by atoms with E-state index in [2.05, 4.69) is 17.6 Å². The number of piperidine rings is 1. The van der Waals surface area contributed by atoms with Crippen LogP contribution in [0.2, 0.25) is 0 Å². The molecule has 0 aromatic heterocycles. The van der Waals surface area contributed by atoms with Crippen molar-refractivity contribution in [3.8, 4) is 5.75 Å². The topological polar surface area (TPSA) is 50.4 Å². The molecule has 2 rings (SSSR count). The van der Waals surface area contributed by atoms with Crippen molar-refractivity contribution in [3.63, 3.8) is 0 Å². The molecular formula is C18H28ClFN2O2. The molecule has 1 aromatic rings. The van der Waals surface area contributed by atoms with E-state index in [-0.39, 0.29) is 30.2 Å². The molecule has 1 saturated heterocycles. The second kappa shape index (κ2) is 10.5. The number of benzene rings is 1. The zero-order chi connectivity index (χ0) is 16.7. The molecule has 6 heteroatoms. The van der Waals surface area contributed by atoms with Crippen LogP contribution in [0.4, 0.5) is 4.39 Å². The zero-order valence-electron chi connectivity index (χ0n) is 14.4. The van der Waals surface area contributed by atoms with Gasteiger partial charge in [-0.3, -0.25) is 4.79 Å². The van der Waals surface area contributed by atoms with E-state index in [1.54, 1.807) is 12.1 Å². The predicted octanol–water partition coefficient (Wildman–Crippen LogP) is 3.16. The molecule has 2 N–H and O–H groups in total. The third-order valence-corrected chi connectivity index (χ3v) is 4.38. The Bertz CT molecular complexity index is 492.